The molecule has 0 bridgehead atoms. The topological polar surface area (TPSA) is 49.8 Å². The van der Waals surface area contributed by atoms with Gasteiger partial charge in [0, 0.05) is 23.9 Å². The summed E-state index contributed by atoms with van der Waals surface area (Å²) in [4.78, 5) is 8.93. The Morgan fingerprint density at radius 3 is 2.80 bits per heavy atom. The first-order valence-electron chi connectivity index (χ1n) is 7.69. The van der Waals surface area contributed by atoms with Gasteiger partial charge in [-0.15, -0.1) is 0 Å². The first kappa shape index (κ1) is 15.4. The zero-order valence-electron chi connectivity index (χ0n) is 12.8. The van der Waals surface area contributed by atoms with Crippen LogP contribution in [0.4, 0.5) is 11.6 Å². The summed E-state index contributed by atoms with van der Waals surface area (Å²) in [6.45, 7) is 7.30. The van der Waals surface area contributed by atoms with Crippen molar-refractivity contribution in [1.82, 2.24) is 9.97 Å². The first-order valence-corrected chi connectivity index (χ1v) is 8.73. The van der Waals surface area contributed by atoms with Crippen molar-refractivity contribution < 1.29 is 0 Å². The van der Waals surface area contributed by atoms with Crippen LogP contribution in [0.2, 0.25) is 0 Å². The van der Waals surface area contributed by atoms with Crippen LogP contribution in [0.3, 0.4) is 0 Å². The number of rotatable bonds is 7. The van der Waals surface area contributed by atoms with E-state index >= 15 is 0 Å². The third-order valence-electron chi connectivity index (χ3n) is 3.53. The molecule has 1 aromatic rings. The van der Waals surface area contributed by atoms with Gasteiger partial charge < -0.3 is 10.6 Å². The van der Waals surface area contributed by atoms with Crippen molar-refractivity contribution in [2.75, 3.05) is 22.9 Å². The maximum Gasteiger partial charge on any atom is 0.132 e. The highest BCUT2D eigenvalue weighted by molar-refractivity contribution is 7.99. The molecule has 2 rings (SSSR count). The van der Waals surface area contributed by atoms with Crippen LogP contribution in [0.5, 0.6) is 0 Å². The second kappa shape index (κ2) is 7.72. The monoisotopic (exact) mass is 294 g/mol. The Bertz CT molecular complexity index is 424. The fraction of sp³-hybridized carbons (Fsp3) is 0.733. The molecule has 2 N–H and O–H groups in total. The van der Waals surface area contributed by atoms with Crippen LogP contribution in [0, 0.1) is 6.92 Å². The minimum absolute atomic E-state index is 0.562. The summed E-state index contributed by atoms with van der Waals surface area (Å²) < 4.78 is 0. The molecule has 1 fully saturated rings. The van der Waals surface area contributed by atoms with Crippen LogP contribution in [0.15, 0.2) is 6.07 Å². The Morgan fingerprint density at radius 1 is 1.25 bits per heavy atom. The smallest absolute Gasteiger partial charge is 0.132 e. The van der Waals surface area contributed by atoms with Gasteiger partial charge >= 0.3 is 0 Å². The van der Waals surface area contributed by atoms with Crippen LogP contribution >= 0.6 is 11.8 Å². The molecule has 20 heavy (non-hydrogen) atoms. The van der Waals surface area contributed by atoms with Gasteiger partial charge in [0.25, 0.3) is 0 Å². The predicted molar refractivity (Wildman–Crippen MR) is 88.7 cm³/mol. The Morgan fingerprint density at radius 2 is 2.05 bits per heavy atom. The average Bonchev–Trinajstić information content (AvgIpc) is 2.83. The molecule has 1 aliphatic carbocycles. The third-order valence-corrected chi connectivity index (χ3v) is 4.77. The standard InChI is InChI=1S/C15H26N4S/c1-4-8-16-14-10-15(18-11(3)17-14)19-12-6-7-13(9-12)20-5-2/h10,12-13H,4-9H2,1-3H3,(H2,16,17,18,19). The molecule has 4 nitrogen and oxygen atoms in total. The molecule has 1 aliphatic rings. The Hall–Kier alpha value is -0.970. The number of hydrogen-bond acceptors (Lipinski definition) is 5. The van der Waals surface area contributed by atoms with E-state index in [1.807, 2.05) is 13.0 Å². The first-order chi connectivity index (χ1) is 9.71. The lowest BCUT2D eigenvalue weighted by Crippen LogP contribution is -2.18. The van der Waals surface area contributed by atoms with Gasteiger partial charge in [0.05, 0.1) is 0 Å². The molecule has 112 valence electrons. The lowest BCUT2D eigenvalue weighted by atomic mass is 10.2. The van der Waals surface area contributed by atoms with E-state index in [4.69, 9.17) is 0 Å². The second-order valence-electron chi connectivity index (χ2n) is 5.34. The lowest BCUT2D eigenvalue weighted by molar-refractivity contribution is 0.750. The summed E-state index contributed by atoms with van der Waals surface area (Å²) in [6, 6.07) is 2.59. The van der Waals surface area contributed by atoms with Gasteiger partial charge in [0.15, 0.2) is 0 Å². The maximum atomic E-state index is 4.51. The molecule has 5 heteroatoms. The van der Waals surface area contributed by atoms with Gasteiger partial charge in [-0.1, -0.05) is 13.8 Å². The van der Waals surface area contributed by atoms with E-state index in [0.717, 1.165) is 35.7 Å². The normalized spacial score (nSPS) is 21.9. The second-order valence-corrected chi connectivity index (χ2v) is 6.92. The van der Waals surface area contributed by atoms with Crippen LogP contribution in [-0.2, 0) is 0 Å². The molecular weight excluding hydrogens is 268 g/mol. The molecule has 0 aliphatic heterocycles. The summed E-state index contributed by atoms with van der Waals surface area (Å²) in [7, 11) is 0. The maximum absolute atomic E-state index is 4.51. The van der Waals surface area contributed by atoms with Gasteiger partial charge in [-0.3, -0.25) is 0 Å². The van der Waals surface area contributed by atoms with E-state index < -0.39 is 0 Å². The van der Waals surface area contributed by atoms with Crippen LogP contribution in [0.25, 0.3) is 0 Å². The molecule has 0 aromatic carbocycles. The molecule has 0 radical (unpaired) electrons. The highest BCUT2D eigenvalue weighted by Gasteiger charge is 2.24. The van der Waals surface area contributed by atoms with Crippen LogP contribution in [0.1, 0.15) is 45.4 Å². The van der Waals surface area contributed by atoms with E-state index in [0.29, 0.717) is 6.04 Å². The number of thioether (sulfide) groups is 1. The molecule has 2 unspecified atom stereocenters. The van der Waals surface area contributed by atoms with Crippen LogP contribution < -0.4 is 10.6 Å². The molecule has 2 atom stereocenters. The Balaban J connectivity index is 1.93. The van der Waals surface area contributed by atoms with Crippen molar-refractivity contribution in [2.24, 2.45) is 0 Å². The third kappa shape index (κ3) is 4.54. The number of anilines is 2. The predicted octanol–water partition coefficient (Wildman–Crippen LogP) is 3.69. The number of aromatic nitrogens is 2. The quantitative estimate of drug-likeness (QED) is 0.803. The van der Waals surface area contributed by atoms with E-state index in [1.54, 1.807) is 0 Å². The van der Waals surface area contributed by atoms with Crippen molar-refractivity contribution in [1.29, 1.82) is 0 Å². The van der Waals surface area contributed by atoms with E-state index in [-0.39, 0.29) is 0 Å². The van der Waals surface area contributed by atoms with E-state index in [2.05, 4.69) is 46.2 Å². The fourth-order valence-electron chi connectivity index (χ4n) is 2.65. The van der Waals surface area contributed by atoms with Gasteiger partial charge in [0.1, 0.15) is 17.5 Å². The minimum Gasteiger partial charge on any atom is -0.370 e. The summed E-state index contributed by atoms with van der Waals surface area (Å²) in [6.07, 6.45) is 4.92. The molecular formula is C15H26N4S. The SMILES string of the molecule is CCCNc1cc(NC2CCC(SCC)C2)nc(C)n1. The van der Waals surface area contributed by atoms with Gasteiger partial charge in [-0.2, -0.15) is 11.8 Å². The van der Waals surface area contributed by atoms with E-state index in [9.17, 15) is 0 Å². The van der Waals surface area contributed by atoms with Crippen molar-refractivity contribution in [3.63, 3.8) is 0 Å². The highest BCUT2D eigenvalue weighted by Crippen LogP contribution is 2.31. The fourth-order valence-corrected chi connectivity index (χ4v) is 3.80. The van der Waals surface area contributed by atoms with Crippen molar-refractivity contribution in [3.8, 4) is 0 Å². The minimum atomic E-state index is 0.562. The Labute approximate surface area is 126 Å². The average molecular weight is 294 g/mol. The van der Waals surface area contributed by atoms with E-state index in [1.165, 1.54) is 25.0 Å². The van der Waals surface area contributed by atoms with Crippen molar-refractivity contribution in [3.05, 3.63) is 11.9 Å². The Kier molecular flexibility index (Phi) is 5.95. The molecule has 1 saturated carbocycles. The number of aryl methyl sites for hydroxylation is 1. The van der Waals surface area contributed by atoms with Crippen molar-refractivity contribution >= 4 is 23.4 Å². The summed E-state index contributed by atoms with van der Waals surface area (Å²) in [5.74, 6) is 3.93. The molecule has 1 aromatic heterocycles. The number of nitrogens with zero attached hydrogens (tertiary/aromatic N) is 2. The largest absolute Gasteiger partial charge is 0.370 e. The number of hydrogen-bond donors (Lipinski definition) is 2. The highest BCUT2D eigenvalue weighted by atomic mass is 32.2. The summed E-state index contributed by atoms with van der Waals surface area (Å²) in [5, 5.41) is 7.73. The lowest BCUT2D eigenvalue weighted by Gasteiger charge is -2.15. The zero-order valence-corrected chi connectivity index (χ0v) is 13.6. The summed E-state index contributed by atoms with van der Waals surface area (Å²) in [5.41, 5.74) is 0. The molecule has 1 heterocycles. The van der Waals surface area contributed by atoms with Crippen LogP contribution in [-0.4, -0.2) is 33.6 Å². The van der Waals surface area contributed by atoms with Gasteiger partial charge in [-0.25, -0.2) is 9.97 Å². The number of nitrogens with one attached hydrogen (secondary N) is 2. The molecule has 0 amide bonds. The van der Waals surface area contributed by atoms with Gasteiger partial charge in [0.2, 0.25) is 0 Å². The summed E-state index contributed by atoms with van der Waals surface area (Å²) >= 11 is 2.09. The molecule has 0 saturated heterocycles. The molecule has 0 spiro atoms. The zero-order chi connectivity index (χ0) is 14.4. The van der Waals surface area contributed by atoms with Gasteiger partial charge in [-0.05, 0) is 38.4 Å². The van der Waals surface area contributed by atoms with Crippen molar-refractivity contribution in [2.45, 2.75) is 57.7 Å².